The SMILES string of the molecule is CNC(C)CNC(=O)CN(C)S(=O)(=O)c1cccnc1.Cl.Cl. The van der Waals surface area contributed by atoms with E-state index in [1.165, 1.54) is 31.6 Å². The first-order valence-electron chi connectivity index (χ1n) is 6.18. The predicted molar refractivity (Wildman–Crippen MR) is 90.1 cm³/mol. The summed E-state index contributed by atoms with van der Waals surface area (Å²) in [4.78, 5) is 15.5. The summed E-state index contributed by atoms with van der Waals surface area (Å²) >= 11 is 0. The monoisotopic (exact) mass is 372 g/mol. The summed E-state index contributed by atoms with van der Waals surface area (Å²) in [6, 6.07) is 3.11. The number of nitrogens with one attached hydrogen (secondary N) is 2. The normalized spacial score (nSPS) is 12.0. The number of hydrogen-bond donors (Lipinski definition) is 2. The molecule has 0 saturated heterocycles. The fraction of sp³-hybridized carbons (Fsp3) is 0.500. The molecular formula is C12H22Cl2N4O3S. The first-order valence-corrected chi connectivity index (χ1v) is 7.62. The van der Waals surface area contributed by atoms with Crippen molar-refractivity contribution in [2.24, 2.45) is 0 Å². The summed E-state index contributed by atoms with van der Waals surface area (Å²) in [5, 5.41) is 5.64. The summed E-state index contributed by atoms with van der Waals surface area (Å²) in [5.41, 5.74) is 0. The highest BCUT2D eigenvalue weighted by Crippen LogP contribution is 2.11. The molecule has 1 aromatic heterocycles. The molecule has 22 heavy (non-hydrogen) atoms. The summed E-state index contributed by atoms with van der Waals surface area (Å²) in [5.74, 6) is -0.345. The van der Waals surface area contributed by atoms with E-state index in [0.29, 0.717) is 6.54 Å². The molecule has 0 saturated carbocycles. The molecule has 0 radical (unpaired) electrons. The van der Waals surface area contributed by atoms with Crippen LogP contribution in [0.5, 0.6) is 0 Å². The molecule has 0 spiro atoms. The van der Waals surface area contributed by atoms with Crippen molar-refractivity contribution < 1.29 is 13.2 Å². The van der Waals surface area contributed by atoms with Crippen molar-refractivity contribution in [1.29, 1.82) is 0 Å². The largest absolute Gasteiger partial charge is 0.353 e. The topological polar surface area (TPSA) is 91.4 Å². The maximum Gasteiger partial charge on any atom is 0.244 e. The first-order chi connectivity index (χ1) is 9.37. The van der Waals surface area contributed by atoms with Gasteiger partial charge in [-0.05, 0) is 26.1 Å². The second-order valence-electron chi connectivity index (χ2n) is 4.44. The number of pyridine rings is 1. The standard InChI is InChI=1S/C12H20N4O3S.2ClH/c1-10(13-2)7-15-12(17)9-16(3)20(18,19)11-5-4-6-14-8-11;;/h4-6,8,10,13H,7,9H2,1-3H3,(H,15,17);2*1H. The van der Waals surface area contributed by atoms with E-state index in [-0.39, 0.29) is 48.2 Å². The minimum atomic E-state index is -3.68. The lowest BCUT2D eigenvalue weighted by atomic mass is 10.3. The molecule has 1 rings (SSSR count). The summed E-state index contributed by atoms with van der Waals surface area (Å²) < 4.78 is 25.3. The van der Waals surface area contributed by atoms with Crippen molar-refractivity contribution in [3.63, 3.8) is 0 Å². The highest BCUT2D eigenvalue weighted by Gasteiger charge is 2.22. The number of carbonyl (C=O) groups excluding carboxylic acids is 1. The number of hydrogen-bond acceptors (Lipinski definition) is 5. The van der Waals surface area contributed by atoms with Crippen LogP contribution in [0.1, 0.15) is 6.92 Å². The Kier molecular flexibility index (Phi) is 11.4. The van der Waals surface area contributed by atoms with Crippen molar-refractivity contribution in [3.05, 3.63) is 24.5 Å². The van der Waals surface area contributed by atoms with Crippen molar-refractivity contribution >= 4 is 40.7 Å². The van der Waals surface area contributed by atoms with Crippen LogP contribution in [0.4, 0.5) is 0 Å². The Morgan fingerprint density at radius 2 is 2.05 bits per heavy atom. The Morgan fingerprint density at radius 3 is 2.55 bits per heavy atom. The average Bonchev–Trinajstić information content (AvgIpc) is 2.45. The smallest absolute Gasteiger partial charge is 0.244 e. The lowest BCUT2D eigenvalue weighted by molar-refractivity contribution is -0.121. The van der Waals surface area contributed by atoms with Gasteiger partial charge in [0.25, 0.3) is 0 Å². The number of sulfonamides is 1. The third kappa shape index (κ3) is 6.89. The molecule has 10 heteroatoms. The third-order valence-electron chi connectivity index (χ3n) is 2.81. The summed E-state index contributed by atoms with van der Waals surface area (Å²) in [6.07, 6.45) is 2.75. The molecule has 2 N–H and O–H groups in total. The molecular weight excluding hydrogens is 351 g/mol. The maximum absolute atomic E-state index is 12.2. The van der Waals surface area contributed by atoms with E-state index in [9.17, 15) is 13.2 Å². The van der Waals surface area contributed by atoms with E-state index in [4.69, 9.17) is 0 Å². The molecule has 0 aliphatic rings. The van der Waals surface area contributed by atoms with Crippen LogP contribution in [0.2, 0.25) is 0 Å². The van der Waals surface area contributed by atoms with Gasteiger partial charge in [-0.2, -0.15) is 4.31 Å². The molecule has 128 valence electrons. The van der Waals surface area contributed by atoms with E-state index in [1.807, 2.05) is 6.92 Å². The van der Waals surface area contributed by atoms with Gasteiger partial charge in [-0.1, -0.05) is 0 Å². The van der Waals surface area contributed by atoms with Crippen LogP contribution in [0.25, 0.3) is 0 Å². The van der Waals surface area contributed by atoms with E-state index in [0.717, 1.165) is 4.31 Å². The first kappa shape index (κ1) is 23.3. The molecule has 0 aliphatic heterocycles. The van der Waals surface area contributed by atoms with Crippen LogP contribution < -0.4 is 10.6 Å². The van der Waals surface area contributed by atoms with E-state index < -0.39 is 10.0 Å². The lowest BCUT2D eigenvalue weighted by Gasteiger charge is -2.17. The van der Waals surface area contributed by atoms with Gasteiger partial charge in [-0.3, -0.25) is 9.78 Å². The molecule has 1 amide bonds. The van der Waals surface area contributed by atoms with Gasteiger partial charge >= 0.3 is 0 Å². The van der Waals surface area contributed by atoms with Gasteiger partial charge in [0.15, 0.2) is 0 Å². The van der Waals surface area contributed by atoms with Gasteiger partial charge in [-0.25, -0.2) is 8.42 Å². The fourth-order valence-electron chi connectivity index (χ4n) is 1.39. The summed E-state index contributed by atoms with van der Waals surface area (Å²) in [6.45, 7) is 2.13. The molecule has 1 aromatic rings. The minimum Gasteiger partial charge on any atom is -0.353 e. The number of likely N-dealkylation sites (N-methyl/N-ethyl adjacent to an activating group) is 2. The van der Waals surface area contributed by atoms with Crippen LogP contribution in [0, 0.1) is 0 Å². The van der Waals surface area contributed by atoms with E-state index in [1.54, 1.807) is 7.05 Å². The Bertz CT molecular complexity index is 543. The van der Waals surface area contributed by atoms with Crippen molar-refractivity contribution in [1.82, 2.24) is 19.9 Å². The average molecular weight is 373 g/mol. The Balaban J connectivity index is 0. The highest BCUT2D eigenvalue weighted by atomic mass is 35.5. The number of nitrogens with zero attached hydrogens (tertiary/aromatic N) is 2. The second kappa shape index (κ2) is 10.7. The molecule has 1 unspecified atom stereocenters. The van der Waals surface area contributed by atoms with Gasteiger partial charge < -0.3 is 10.6 Å². The zero-order valence-electron chi connectivity index (χ0n) is 12.6. The van der Waals surface area contributed by atoms with Crippen LogP contribution in [-0.4, -0.2) is 56.8 Å². The highest BCUT2D eigenvalue weighted by molar-refractivity contribution is 7.89. The van der Waals surface area contributed by atoms with Gasteiger partial charge in [0.2, 0.25) is 15.9 Å². The van der Waals surface area contributed by atoms with Crippen molar-refractivity contribution in [2.45, 2.75) is 17.9 Å². The molecule has 0 bridgehead atoms. The predicted octanol–water partition coefficient (Wildman–Crippen LogP) is 0.270. The molecule has 1 heterocycles. The Hall–Kier alpha value is -0.930. The molecule has 7 nitrogen and oxygen atoms in total. The van der Waals surface area contributed by atoms with Crippen LogP contribution >= 0.6 is 24.8 Å². The number of rotatable bonds is 7. The van der Waals surface area contributed by atoms with Gasteiger partial charge in [-0.15, -0.1) is 24.8 Å². The maximum atomic E-state index is 12.2. The quantitative estimate of drug-likeness (QED) is 0.716. The summed E-state index contributed by atoms with van der Waals surface area (Å²) in [7, 11) is -0.532. The number of aromatic nitrogens is 1. The van der Waals surface area contributed by atoms with Crippen molar-refractivity contribution in [2.75, 3.05) is 27.2 Å². The molecule has 0 aromatic carbocycles. The molecule has 0 fully saturated rings. The number of amides is 1. The zero-order chi connectivity index (χ0) is 15.2. The molecule has 0 aliphatic carbocycles. The van der Waals surface area contributed by atoms with Gasteiger partial charge in [0.1, 0.15) is 4.90 Å². The van der Waals surface area contributed by atoms with E-state index >= 15 is 0 Å². The Morgan fingerprint density at radius 1 is 1.41 bits per heavy atom. The van der Waals surface area contributed by atoms with Crippen LogP contribution in [-0.2, 0) is 14.8 Å². The van der Waals surface area contributed by atoms with Crippen molar-refractivity contribution in [3.8, 4) is 0 Å². The minimum absolute atomic E-state index is 0. The number of carbonyl (C=O) groups is 1. The zero-order valence-corrected chi connectivity index (χ0v) is 15.1. The number of halogens is 2. The van der Waals surface area contributed by atoms with Gasteiger partial charge in [0, 0.05) is 32.0 Å². The second-order valence-corrected chi connectivity index (χ2v) is 6.49. The van der Waals surface area contributed by atoms with Gasteiger partial charge in [0.05, 0.1) is 6.54 Å². The molecule has 1 atom stereocenters. The fourth-order valence-corrected chi connectivity index (χ4v) is 2.48. The third-order valence-corrected chi connectivity index (χ3v) is 4.59. The lowest BCUT2D eigenvalue weighted by Crippen LogP contribution is -2.42. The van der Waals surface area contributed by atoms with E-state index in [2.05, 4.69) is 15.6 Å². The van der Waals surface area contributed by atoms with Crippen LogP contribution in [0.15, 0.2) is 29.4 Å². The van der Waals surface area contributed by atoms with Crippen LogP contribution in [0.3, 0.4) is 0 Å². The Labute approximate surface area is 143 Å².